The van der Waals surface area contributed by atoms with Crippen molar-refractivity contribution in [3.63, 3.8) is 0 Å². The van der Waals surface area contributed by atoms with Gasteiger partial charge in [0.05, 0.1) is 0 Å². The molecule has 0 N–H and O–H groups in total. The average Bonchev–Trinajstić information content (AvgIpc) is 2.15. The van der Waals surface area contributed by atoms with E-state index in [0.29, 0.717) is 18.4 Å². The Morgan fingerprint density at radius 1 is 1.67 bits per heavy atom. The Hall–Kier alpha value is -1.62. The number of Topliss-reactive ketones (excluding diaryl/α,β-unsaturated/α-hetero) is 1. The third-order valence-electron chi connectivity index (χ3n) is 1.48. The maximum absolute atomic E-state index is 11.3. The molecule has 12 heavy (non-hydrogen) atoms. The minimum absolute atomic E-state index is 0.0565. The summed E-state index contributed by atoms with van der Waals surface area (Å²) in [5, 5.41) is 0. The van der Waals surface area contributed by atoms with Gasteiger partial charge in [0.2, 0.25) is 0 Å². The first-order chi connectivity index (χ1) is 5.84. The van der Waals surface area contributed by atoms with E-state index >= 15 is 0 Å². The Balaban J connectivity index is 2.61. The predicted molar refractivity (Wildman–Crippen MR) is 46.6 cm³/mol. The van der Waals surface area contributed by atoms with E-state index in [2.05, 4.69) is 10.9 Å². The Labute approximate surface area is 71.6 Å². The van der Waals surface area contributed by atoms with Crippen molar-refractivity contribution < 1.29 is 4.79 Å². The van der Waals surface area contributed by atoms with Crippen molar-refractivity contribution in [3.05, 3.63) is 30.1 Å². The van der Waals surface area contributed by atoms with Gasteiger partial charge >= 0.3 is 0 Å². The second-order valence-corrected chi connectivity index (χ2v) is 2.37. The van der Waals surface area contributed by atoms with Gasteiger partial charge < -0.3 is 0 Å². The molecule has 0 spiro atoms. The van der Waals surface area contributed by atoms with E-state index in [0.717, 1.165) is 0 Å². The smallest absolute Gasteiger partial charge is 0.165 e. The van der Waals surface area contributed by atoms with Crippen LogP contribution in [0.4, 0.5) is 0 Å². The molecule has 1 aromatic rings. The maximum Gasteiger partial charge on any atom is 0.165 e. The van der Waals surface area contributed by atoms with Crippen LogP contribution in [0.3, 0.4) is 0 Å². The molecule has 60 valence electrons. The molecule has 0 saturated carbocycles. The molecule has 0 amide bonds. The molecule has 1 rings (SSSR count). The van der Waals surface area contributed by atoms with Crippen LogP contribution >= 0.6 is 0 Å². The van der Waals surface area contributed by atoms with Gasteiger partial charge in [-0.2, -0.15) is 0 Å². The fraction of sp³-hybridized carbons (Fsp3) is 0.200. The van der Waals surface area contributed by atoms with E-state index in [1.54, 1.807) is 24.5 Å². The highest BCUT2D eigenvalue weighted by atomic mass is 16.1. The van der Waals surface area contributed by atoms with Crippen molar-refractivity contribution in [2.45, 2.75) is 12.8 Å². The van der Waals surface area contributed by atoms with Crippen LogP contribution in [0.2, 0.25) is 0 Å². The van der Waals surface area contributed by atoms with E-state index in [1.165, 1.54) is 0 Å². The van der Waals surface area contributed by atoms with Gasteiger partial charge in [0, 0.05) is 30.8 Å². The first-order valence-corrected chi connectivity index (χ1v) is 3.71. The SMILES string of the molecule is C#CCCC(=O)c1cccnc1. The van der Waals surface area contributed by atoms with E-state index < -0.39 is 0 Å². The molecule has 0 atom stereocenters. The van der Waals surface area contributed by atoms with Crippen LogP contribution in [-0.4, -0.2) is 10.8 Å². The summed E-state index contributed by atoms with van der Waals surface area (Å²) in [5.41, 5.74) is 0.632. The fourth-order valence-electron chi connectivity index (χ4n) is 0.858. The summed E-state index contributed by atoms with van der Waals surface area (Å²) in [6.45, 7) is 0. The minimum atomic E-state index is 0.0565. The summed E-state index contributed by atoms with van der Waals surface area (Å²) in [6, 6.07) is 3.48. The summed E-state index contributed by atoms with van der Waals surface area (Å²) in [4.78, 5) is 15.1. The van der Waals surface area contributed by atoms with Crippen LogP contribution in [0.15, 0.2) is 24.5 Å². The molecule has 0 aliphatic rings. The highest BCUT2D eigenvalue weighted by Gasteiger charge is 2.02. The molecule has 2 nitrogen and oxygen atoms in total. The molecule has 1 aromatic heterocycles. The first kappa shape index (κ1) is 8.48. The largest absolute Gasteiger partial charge is 0.294 e. The van der Waals surface area contributed by atoms with Crippen molar-refractivity contribution >= 4 is 5.78 Å². The molecule has 2 heteroatoms. The Bertz CT molecular complexity index is 297. The lowest BCUT2D eigenvalue weighted by atomic mass is 10.1. The number of nitrogens with zero attached hydrogens (tertiary/aromatic N) is 1. The Morgan fingerprint density at radius 2 is 2.50 bits per heavy atom. The molecule has 0 fully saturated rings. The van der Waals surface area contributed by atoms with Crippen LogP contribution in [-0.2, 0) is 0 Å². The van der Waals surface area contributed by atoms with Gasteiger partial charge in [0.25, 0.3) is 0 Å². The highest BCUT2D eigenvalue weighted by molar-refractivity contribution is 5.95. The summed E-state index contributed by atoms with van der Waals surface area (Å²) >= 11 is 0. The normalized spacial score (nSPS) is 8.92. The highest BCUT2D eigenvalue weighted by Crippen LogP contribution is 2.02. The molecule has 0 aliphatic carbocycles. The standard InChI is InChI=1S/C10H9NO/c1-2-3-6-10(12)9-5-4-7-11-8-9/h1,4-5,7-8H,3,6H2. The summed E-state index contributed by atoms with van der Waals surface area (Å²) in [7, 11) is 0. The minimum Gasteiger partial charge on any atom is -0.294 e. The molecule has 0 radical (unpaired) electrons. The molecule has 0 aromatic carbocycles. The van der Waals surface area contributed by atoms with Crippen molar-refractivity contribution in [1.82, 2.24) is 4.98 Å². The predicted octanol–water partition coefficient (Wildman–Crippen LogP) is 1.68. The lowest BCUT2D eigenvalue weighted by Crippen LogP contribution is -1.98. The van der Waals surface area contributed by atoms with Gasteiger partial charge in [-0.1, -0.05) is 0 Å². The number of hydrogen-bond donors (Lipinski definition) is 0. The summed E-state index contributed by atoms with van der Waals surface area (Å²) < 4.78 is 0. The molecule has 0 aliphatic heterocycles. The van der Waals surface area contributed by atoms with Crippen molar-refractivity contribution in [2.75, 3.05) is 0 Å². The zero-order chi connectivity index (χ0) is 8.81. The number of ketones is 1. The molecule has 1 heterocycles. The summed E-state index contributed by atoms with van der Waals surface area (Å²) in [5.74, 6) is 2.48. The maximum atomic E-state index is 11.3. The van der Waals surface area contributed by atoms with Gasteiger partial charge in [-0.3, -0.25) is 9.78 Å². The monoisotopic (exact) mass is 159 g/mol. The average molecular weight is 159 g/mol. The van der Waals surface area contributed by atoms with Gasteiger partial charge in [0.1, 0.15) is 0 Å². The van der Waals surface area contributed by atoms with Gasteiger partial charge in [0.15, 0.2) is 5.78 Å². The van der Waals surface area contributed by atoms with E-state index in [9.17, 15) is 4.79 Å². The fourth-order valence-corrected chi connectivity index (χ4v) is 0.858. The number of hydrogen-bond acceptors (Lipinski definition) is 2. The molecule has 0 unspecified atom stereocenters. The number of pyridine rings is 1. The van der Waals surface area contributed by atoms with Crippen molar-refractivity contribution in [2.24, 2.45) is 0 Å². The number of rotatable bonds is 3. The number of aromatic nitrogens is 1. The van der Waals surface area contributed by atoms with Gasteiger partial charge in [-0.15, -0.1) is 12.3 Å². The van der Waals surface area contributed by atoms with Crippen LogP contribution in [0, 0.1) is 12.3 Å². The van der Waals surface area contributed by atoms with Crippen LogP contribution in [0.25, 0.3) is 0 Å². The topological polar surface area (TPSA) is 30.0 Å². The van der Waals surface area contributed by atoms with Gasteiger partial charge in [-0.25, -0.2) is 0 Å². The molecular formula is C10H9NO. The van der Waals surface area contributed by atoms with E-state index in [4.69, 9.17) is 6.42 Å². The lowest BCUT2D eigenvalue weighted by molar-refractivity contribution is 0.0984. The van der Waals surface area contributed by atoms with E-state index in [1.807, 2.05) is 0 Å². The second kappa shape index (κ2) is 4.30. The number of terminal acetylenes is 1. The Kier molecular flexibility index (Phi) is 3.04. The number of carbonyl (C=O) groups is 1. The molecular weight excluding hydrogens is 150 g/mol. The zero-order valence-corrected chi connectivity index (χ0v) is 6.66. The lowest BCUT2D eigenvalue weighted by Gasteiger charge is -1.95. The molecule has 0 saturated heterocycles. The van der Waals surface area contributed by atoms with E-state index in [-0.39, 0.29) is 5.78 Å². The second-order valence-electron chi connectivity index (χ2n) is 2.37. The third-order valence-corrected chi connectivity index (χ3v) is 1.48. The third kappa shape index (κ3) is 2.21. The Morgan fingerprint density at radius 3 is 3.08 bits per heavy atom. The number of carbonyl (C=O) groups excluding carboxylic acids is 1. The van der Waals surface area contributed by atoms with Crippen LogP contribution in [0.1, 0.15) is 23.2 Å². The van der Waals surface area contributed by atoms with Crippen LogP contribution in [0.5, 0.6) is 0 Å². The zero-order valence-electron chi connectivity index (χ0n) is 6.66. The van der Waals surface area contributed by atoms with Crippen LogP contribution < -0.4 is 0 Å². The first-order valence-electron chi connectivity index (χ1n) is 3.71. The molecule has 0 bridgehead atoms. The van der Waals surface area contributed by atoms with Crippen molar-refractivity contribution in [3.8, 4) is 12.3 Å². The quantitative estimate of drug-likeness (QED) is 0.496. The summed E-state index contributed by atoms with van der Waals surface area (Å²) in [6.07, 6.45) is 9.13. The van der Waals surface area contributed by atoms with Crippen molar-refractivity contribution in [1.29, 1.82) is 0 Å². The van der Waals surface area contributed by atoms with Gasteiger partial charge in [-0.05, 0) is 12.1 Å².